The van der Waals surface area contributed by atoms with Crippen LogP contribution in [0.4, 0.5) is 0 Å². The Morgan fingerprint density at radius 3 is 2.73 bits per heavy atom. The summed E-state index contributed by atoms with van der Waals surface area (Å²) >= 11 is 0. The Morgan fingerprint density at radius 1 is 1.23 bits per heavy atom. The second kappa shape index (κ2) is 6.72. The molecule has 3 aromatic heterocycles. The number of furan rings is 1. The maximum atomic E-state index is 12.0. The molecule has 4 aromatic rings. The molecule has 3 heterocycles. The minimum atomic E-state index is -0.959. The lowest BCUT2D eigenvalue weighted by molar-refractivity contribution is -0.140. The van der Waals surface area contributed by atoms with E-state index in [2.05, 4.69) is 15.0 Å². The molecule has 2 N–H and O–H groups in total. The van der Waals surface area contributed by atoms with Crippen LogP contribution in [0.15, 0.2) is 72.0 Å². The van der Waals surface area contributed by atoms with Crippen molar-refractivity contribution in [3.63, 3.8) is 0 Å². The fraction of sp³-hybridized carbons (Fsp3) is 0.105. The van der Waals surface area contributed by atoms with Gasteiger partial charge in [-0.2, -0.15) is 0 Å². The molecule has 26 heavy (non-hydrogen) atoms. The second-order valence-corrected chi connectivity index (χ2v) is 5.82. The standard InChI is InChI=1S/C19H16N4O3/c24-19(25)16(9-14-7-4-8-26-14)23-12-22-17(13-5-2-1-3-6-13)18(23)15-10-20-11-21-15/h1-8,10-12,16H,9H2,(H,20,21)(H,24,25)/t16-/m1/s1. The van der Waals surface area contributed by atoms with Gasteiger partial charge in [0.1, 0.15) is 11.8 Å². The molecule has 0 aliphatic carbocycles. The number of carbonyl (C=O) groups is 1. The van der Waals surface area contributed by atoms with Crippen molar-refractivity contribution in [3.05, 3.63) is 73.3 Å². The van der Waals surface area contributed by atoms with Crippen molar-refractivity contribution < 1.29 is 14.3 Å². The molecular weight excluding hydrogens is 332 g/mol. The van der Waals surface area contributed by atoms with Crippen LogP contribution in [0.5, 0.6) is 0 Å². The van der Waals surface area contributed by atoms with Crippen molar-refractivity contribution >= 4 is 5.97 Å². The molecule has 130 valence electrons. The van der Waals surface area contributed by atoms with E-state index in [9.17, 15) is 9.90 Å². The lowest BCUT2D eigenvalue weighted by Crippen LogP contribution is -2.21. The molecule has 1 atom stereocenters. The van der Waals surface area contributed by atoms with E-state index in [1.54, 1.807) is 35.6 Å². The fourth-order valence-electron chi connectivity index (χ4n) is 2.98. The first-order chi connectivity index (χ1) is 12.7. The van der Waals surface area contributed by atoms with Crippen LogP contribution in [0.25, 0.3) is 22.6 Å². The van der Waals surface area contributed by atoms with Gasteiger partial charge in [0.15, 0.2) is 0 Å². The molecule has 0 fully saturated rings. The number of aromatic nitrogens is 4. The molecule has 0 unspecified atom stereocenters. The summed E-state index contributed by atoms with van der Waals surface area (Å²) in [6.45, 7) is 0. The van der Waals surface area contributed by atoms with Gasteiger partial charge in [-0.1, -0.05) is 30.3 Å². The van der Waals surface area contributed by atoms with E-state index in [1.165, 1.54) is 6.26 Å². The molecule has 0 aliphatic rings. The van der Waals surface area contributed by atoms with Crippen LogP contribution in [0.2, 0.25) is 0 Å². The number of nitrogens with one attached hydrogen (secondary N) is 1. The number of rotatable bonds is 6. The topological polar surface area (TPSA) is 96.9 Å². The summed E-state index contributed by atoms with van der Waals surface area (Å²) in [5.41, 5.74) is 2.97. The van der Waals surface area contributed by atoms with Crippen molar-refractivity contribution in [1.82, 2.24) is 19.5 Å². The number of nitrogens with zero attached hydrogens (tertiary/aromatic N) is 3. The third-order valence-corrected chi connectivity index (χ3v) is 4.19. The van der Waals surface area contributed by atoms with Gasteiger partial charge in [0.25, 0.3) is 0 Å². The Balaban J connectivity index is 1.85. The molecule has 0 saturated carbocycles. The summed E-state index contributed by atoms with van der Waals surface area (Å²) in [6, 6.07) is 12.3. The van der Waals surface area contributed by atoms with E-state index in [4.69, 9.17) is 4.42 Å². The molecule has 0 aliphatic heterocycles. The summed E-state index contributed by atoms with van der Waals surface area (Å²) in [5, 5.41) is 9.81. The maximum absolute atomic E-state index is 12.0. The quantitative estimate of drug-likeness (QED) is 0.556. The third kappa shape index (κ3) is 2.90. The van der Waals surface area contributed by atoms with E-state index in [0.29, 0.717) is 22.8 Å². The molecule has 0 amide bonds. The first kappa shape index (κ1) is 15.9. The van der Waals surface area contributed by atoms with Gasteiger partial charge in [0, 0.05) is 12.0 Å². The van der Waals surface area contributed by atoms with Crippen LogP contribution in [-0.4, -0.2) is 30.6 Å². The summed E-state index contributed by atoms with van der Waals surface area (Å²) in [5.74, 6) is -0.359. The highest BCUT2D eigenvalue weighted by molar-refractivity contribution is 5.79. The van der Waals surface area contributed by atoms with Crippen molar-refractivity contribution in [1.29, 1.82) is 0 Å². The Morgan fingerprint density at radius 2 is 2.08 bits per heavy atom. The zero-order valence-corrected chi connectivity index (χ0v) is 13.7. The van der Waals surface area contributed by atoms with Gasteiger partial charge in [-0.05, 0) is 12.1 Å². The highest BCUT2D eigenvalue weighted by atomic mass is 16.4. The van der Waals surface area contributed by atoms with Crippen molar-refractivity contribution in [2.24, 2.45) is 0 Å². The monoisotopic (exact) mass is 348 g/mol. The van der Waals surface area contributed by atoms with E-state index >= 15 is 0 Å². The minimum absolute atomic E-state index is 0.216. The number of hydrogen-bond acceptors (Lipinski definition) is 4. The van der Waals surface area contributed by atoms with Gasteiger partial charge < -0.3 is 19.1 Å². The number of imidazole rings is 2. The lowest BCUT2D eigenvalue weighted by Gasteiger charge is -2.16. The number of aromatic amines is 1. The van der Waals surface area contributed by atoms with E-state index < -0.39 is 12.0 Å². The van der Waals surface area contributed by atoms with Crippen LogP contribution in [-0.2, 0) is 11.2 Å². The Labute approximate surface area is 149 Å². The number of benzene rings is 1. The Kier molecular flexibility index (Phi) is 4.10. The van der Waals surface area contributed by atoms with Gasteiger partial charge in [-0.15, -0.1) is 0 Å². The third-order valence-electron chi connectivity index (χ3n) is 4.19. The van der Waals surface area contributed by atoms with Gasteiger partial charge in [-0.25, -0.2) is 14.8 Å². The summed E-state index contributed by atoms with van der Waals surface area (Å²) in [6.07, 6.45) is 6.52. The lowest BCUT2D eigenvalue weighted by atomic mass is 10.1. The van der Waals surface area contributed by atoms with Gasteiger partial charge in [0.05, 0.1) is 42.2 Å². The second-order valence-electron chi connectivity index (χ2n) is 5.82. The zero-order valence-electron chi connectivity index (χ0n) is 13.7. The number of hydrogen-bond donors (Lipinski definition) is 2. The number of carboxylic acids is 1. The molecule has 1 aromatic carbocycles. The highest BCUT2D eigenvalue weighted by Crippen LogP contribution is 2.33. The van der Waals surface area contributed by atoms with Crippen LogP contribution >= 0.6 is 0 Å². The normalized spacial score (nSPS) is 12.2. The van der Waals surface area contributed by atoms with E-state index in [1.807, 2.05) is 30.3 Å². The first-order valence-corrected chi connectivity index (χ1v) is 8.10. The average Bonchev–Trinajstić information content (AvgIpc) is 3.40. The van der Waals surface area contributed by atoms with E-state index in [-0.39, 0.29) is 6.42 Å². The molecule has 7 nitrogen and oxygen atoms in total. The molecule has 0 bridgehead atoms. The zero-order chi connectivity index (χ0) is 17.9. The molecule has 0 saturated heterocycles. The summed E-state index contributed by atoms with van der Waals surface area (Å²) in [4.78, 5) is 23.6. The maximum Gasteiger partial charge on any atom is 0.327 e. The number of aliphatic carboxylic acids is 1. The minimum Gasteiger partial charge on any atom is -0.480 e. The fourth-order valence-corrected chi connectivity index (χ4v) is 2.98. The Bertz CT molecular complexity index is 989. The Hall–Kier alpha value is -3.61. The van der Waals surface area contributed by atoms with Crippen LogP contribution in [0.1, 0.15) is 11.8 Å². The predicted octanol–water partition coefficient (Wildman–Crippen LogP) is 3.40. The van der Waals surface area contributed by atoms with Gasteiger partial charge in [-0.3, -0.25) is 0 Å². The van der Waals surface area contributed by atoms with Gasteiger partial charge >= 0.3 is 5.97 Å². The molecule has 7 heteroatoms. The van der Waals surface area contributed by atoms with Crippen molar-refractivity contribution in [2.45, 2.75) is 12.5 Å². The van der Waals surface area contributed by atoms with Crippen molar-refractivity contribution in [3.8, 4) is 22.6 Å². The molecule has 0 radical (unpaired) electrons. The SMILES string of the molecule is O=C(O)[C@@H](Cc1ccco1)n1cnc(-c2ccccc2)c1-c1cnc[nH]1. The van der Waals surface area contributed by atoms with Gasteiger partial charge in [0.2, 0.25) is 0 Å². The molecule has 0 spiro atoms. The van der Waals surface area contributed by atoms with Crippen LogP contribution < -0.4 is 0 Å². The molecular formula is C19H16N4O3. The molecule has 4 rings (SSSR count). The first-order valence-electron chi connectivity index (χ1n) is 8.10. The van der Waals surface area contributed by atoms with E-state index in [0.717, 1.165) is 5.56 Å². The summed E-state index contributed by atoms with van der Waals surface area (Å²) in [7, 11) is 0. The highest BCUT2D eigenvalue weighted by Gasteiger charge is 2.27. The van der Waals surface area contributed by atoms with Crippen LogP contribution in [0, 0.1) is 0 Å². The smallest absolute Gasteiger partial charge is 0.327 e. The summed E-state index contributed by atoms with van der Waals surface area (Å²) < 4.78 is 6.99. The predicted molar refractivity (Wildman–Crippen MR) is 94.3 cm³/mol. The number of H-pyrrole nitrogens is 1. The largest absolute Gasteiger partial charge is 0.480 e. The van der Waals surface area contributed by atoms with Crippen LogP contribution in [0.3, 0.4) is 0 Å². The van der Waals surface area contributed by atoms with Crippen molar-refractivity contribution in [2.75, 3.05) is 0 Å². The average molecular weight is 348 g/mol. The number of carboxylic acid groups (broad SMARTS) is 1.